The molecule has 1 saturated heterocycles. The summed E-state index contributed by atoms with van der Waals surface area (Å²) < 4.78 is 40.3. The Morgan fingerprint density at radius 3 is 2.44 bits per heavy atom. The lowest BCUT2D eigenvalue weighted by molar-refractivity contribution is -0.195. The van der Waals surface area contributed by atoms with Crippen LogP contribution in [0.4, 0.5) is 18.0 Å². The fourth-order valence-corrected chi connectivity index (χ4v) is 2.26. The van der Waals surface area contributed by atoms with Crippen molar-refractivity contribution in [1.29, 1.82) is 0 Å². The molecule has 2 amide bonds. The Kier molecular flexibility index (Phi) is 3.99. The van der Waals surface area contributed by atoms with Crippen LogP contribution >= 0.6 is 0 Å². The molecule has 0 atom stereocenters. The molecule has 1 saturated carbocycles. The summed E-state index contributed by atoms with van der Waals surface area (Å²) in [5, 5.41) is 2.88. The van der Waals surface area contributed by atoms with Crippen molar-refractivity contribution in [3.8, 4) is 0 Å². The molecule has 104 valence electrons. The summed E-state index contributed by atoms with van der Waals surface area (Å²) in [5.41, 5.74) is 0. The van der Waals surface area contributed by atoms with Crippen molar-refractivity contribution >= 4 is 6.03 Å². The quantitative estimate of drug-likeness (QED) is 0.847. The predicted molar refractivity (Wildman–Crippen MR) is 58.2 cm³/mol. The van der Waals surface area contributed by atoms with Crippen LogP contribution in [0.3, 0.4) is 0 Å². The first-order valence-electron chi connectivity index (χ1n) is 6.18. The van der Waals surface area contributed by atoms with Gasteiger partial charge < -0.3 is 15.0 Å². The van der Waals surface area contributed by atoms with E-state index in [-0.39, 0.29) is 25.2 Å². The monoisotopic (exact) mass is 266 g/mol. The molecule has 0 spiro atoms. The van der Waals surface area contributed by atoms with Crippen molar-refractivity contribution in [2.75, 3.05) is 19.7 Å². The zero-order chi connectivity index (χ0) is 13.2. The van der Waals surface area contributed by atoms with E-state index in [0.29, 0.717) is 0 Å². The maximum absolute atomic E-state index is 11.9. The minimum absolute atomic E-state index is 0.186. The predicted octanol–water partition coefficient (Wildman–Crippen LogP) is 1.90. The summed E-state index contributed by atoms with van der Waals surface area (Å²) in [4.78, 5) is 13.2. The van der Waals surface area contributed by atoms with Gasteiger partial charge in [0.1, 0.15) is 6.61 Å². The number of ether oxygens (including phenoxy) is 1. The van der Waals surface area contributed by atoms with E-state index >= 15 is 0 Å². The molecule has 0 radical (unpaired) electrons. The molecular formula is C11H17F3N2O2. The molecule has 0 aromatic carbocycles. The number of hydrogen-bond donors (Lipinski definition) is 1. The smallest absolute Gasteiger partial charge is 0.365 e. The van der Waals surface area contributed by atoms with Crippen LogP contribution in [-0.4, -0.2) is 48.9 Å². The molecule has 0 bridgehead atoms. The van der Waals surface area contributed by atoms with Gasteiger partial charge in [0.05, 0.1) is 19.2 Å². The Hall–Kier alpha value is -0.980. The molecule has 18 heavy (non-hydrogen) atoms. The summed E-state index contributed by atoms with van der Waals surface area (Å²) in [6.07, 6.45) is -0.543. The zero-order valence-electron chi connectivity index (χ0n) is 10.0. The highest BCUT2D eigenvalue weighted by Crippen LogP contribution is 2.21. The molecule has 0 aromatic rings. The van der Waals surface area contributed by atoms with Crippen molar-refractivity contribution in [3.05, 3.63) is 0 Å². The SMILES string of the molecule is O=C(NC1CCCC1)N1CC(OCC(F)(F)F)C1. The number of nitrogens with zero attached hydrogens (tertiary/aromatic N) is 1. The van der Waals surface area contributed by atoms with Crippen LogP contribution in [0.5, 0.6) is 0 Å². The van der Waals surface area contributed by atoms with Crippen LogP contribution in [0, 0.1) is 0 Å². The maximum Gasteiger partial charge on any atom is 0.411 e. The first-order valence-corrected chi connectivity index (χ1v) is 6.18. The molecule has 7 heteroatoms. The zero-order valence-corrected chi connectivity index (χ0v) is 10.0. The maximum atomic E-state index is 11.9. The van der Waals surface area contributed by atoms with Gasteiger partial charge in [-0.15, -0.1) is 0 Å². The molecule has 1 aliphatic carbocycles. The highest BCUT2D eigenvalue weighted by molar-refractivity contribution is 5.75. The summed E-state index contributed by atoms with van der Waals surface area (Å²) in [6, 6.07) is 0.0430. The Balaban J connectivity index is 1.61. The molecule has 2 aliphatic rings. The van der Waals surface area contributed by atoms with E-state index in [4.69, 9.17) is 0 Å². The summed E-state index contributed by atoms with van der Waals surface area (Å²) in [5.74, 6) is 0. The van der Waals surface area contributed by atoms with Crippen molar-refractivity contribution in [3.63, 3.8) is 0 Å². The van der Waals surface area contributed by atoms with Gasteiger partial charge in [-0.05, 0) is 12.8 Å². The summed E-state index contributed by atoms with van der Waals surface area (Å²) >= 11 is 0. The van der Waals surface area contributed by atoms with Gasteiger partial charge in [-0.1, -0.05) is 12.8 Å². The first-order chi connectivity index (χ1) is 8.44. The Morgan fingerprint density at radius 1 is 1.28 bits per heavy atom. The number of hydrogen-bond acceptors (Lipinski definition) is 2. The van der Waals surface area contributed by atoms with Gasteiger partial charge in [0.25, 0.3) is 0 Å². The van der Waals surface area contributed by atoms with E-state index in [1.807, 2.05) is 0 Å². The Morgan fingerprint density at radius 2 is 1.89 bits per heavy atom. The molecule has 2 fully saturated rings. The van der Waals surface area contributed by atoms with Crippen molar-refractivity contribution < 1.29 is 22.7 Å². The van der Waals surface area contributed by atoms with E-state index < -0.39 is 18.9 Å². The first kappa shape index (κ1) is 13.5. The number of alkyl halides is 3. The van der Waals surface area contributed by atoms with E-state index in [1.165, 1.54) is 4.90 Å². The van der Waals surface area contributed by atoms with Crippen LogP contribution in [-0.2, 0) is 4.74 Å². The summed E-state index contributed by atoms with van der Waals surface area (Å²) in [6.45, 7) is -0.751. The molecule has 1 aliphatic heterocycles. The lowest BCUT2D eigenvalue weighted by atomic mass is 10.2. The van der Waals surface area contributed by atoms with E-state index in [0.717, 1.165) is 25.7 Å². The fraction of sp³-hybridized carbons (Fsp3) is 0.909. The van der Waals surface area contributed by atoms with Crippen LogP contribution in [0.1, 0.15) is 25.7 Å². The molecule has 0 aromatic heterocycles. The van der Waals surface area contributed by atoms with Crippen LogP contribution in [0.2, 0.25) is 0 Å². The molecular weight excluding hydrogens is 249 g/mol. The lowest BCUT2D eigenvalue weighted by Gasteiger charge is -2.39. The standard InChI is InChI=1S/C11H17F3N2O2/c12-11(13,14)7-18-9-5-16(6-9)10(17)15-8-3-1-2-4-8/h8-9H,1-7H2,(H,15,17). The van der Waals surface area contributed by atoms with Crippen molar-refractivity contribution in [2.24, 2.45) is 0 Å². The van der Waals surface area contributed by atoms with Gasteiger partial charge in [0.2, 0.25) is 0 Å². The van der Waals surface area contributed by atoms with Gasteiger partial charge in [-0.25, -0.2) is 4.79 Å². The number of amides is 2. The van der Waals surface area contributed by atoms with Crippen LogP contribution in [0.15, 0.2) is 0 Å². The van der Waals surface area contributed by atoms with Gasteiger partial charge in [0, 0.05) is 6.04 Å². The second kappa shape index (κ2) is 5.34. The van der Waals surface area contributed by atoms with Crippen molar-refractivity contribution in [1.82, 2.24) is 10.2 Å². The van der Waals surface area contributed by atoms with Gasteiger partial charge in [-0.3, -0.25) is 0 Å². The molecule has 4 nitrogen and oxygen atoms in total. The number of rotatable bonds is 3. The number of likely N-dealkylation sites (tertiary alicyclic amines) is 1. The van der Waals surface area contributed by atoms with Gasteiger partial charge >= 0.3 is 12.2 Å². The highest BCUT2D eigenvalue weighted by Gasteiger charge is 2.36. The van der Waals surface area contributed by atoms with E-state index in [1.54, 1.807) is 0 Å². The van der Waals surface area contributed by atoms with E-state index in [2.05, 4.69) is 10.1 Å². The normalized spacial score (nSPS) is 22.1. The van der Waals surface area contributed by atoms with Crippen LogP contribution < -0.4 is 5.32 Å². The Labute approximate surface area is 103 Å². The number of carbonyl (C=O) groups is 1. The number of halogens is 3. The fourth-order valence-electron chi connectivity index (χ4n) is 2.26. The number of carbonyl (C=O) groups excluding carboxylic acids is 1. The topological polar surface area (TPSA) is 41.6 Å². The van der Waals surface area contributed by atoms with Gasteiger partial charge in [0.15, 0.2) is 0 Å². The van der Waals surface area contributed by atoms with Crippen molar-refractivity contribution in [2.45, 2.75) is 44.0 Å². The molecule has 1 N–H and O–H groups in total. The minimum atomic E-state index is -4.30. The average molecular weight is 266 g/mol. The Bertz CT molecular complexity index is 297. The third kappa shape index (κ3) is 3.76. The molecule has 1 heterocycles. The minimum Gasteiger partial charge on any atom is -0.365 e. The average Bonchev–Trinajstić information content (AvgIpc) is 2.65. The second-order valence-electron chi connectivity index (χ2n) is 4.88. The van der Waals surface area contributed by atoms with Gasteiger partial charge in [-0.2, -0.15) is 13.2 Å². The molecule has 0 unspecified atom stereocenters. The highest BCUT2D eigenvalue weighted by atomic mass is 19.4. The van der Waals surface area contributed by atoms with E-state index in [9.17, 15) is 18.0 Å². The molecule has 2 rings (SSSR count). The second-order valence-corrected chi connectivity index (χ2v) is 4.88. The largest absolute Gasteiger partial charge is 0.411 e. The van der Waals surface area contributed by atoms with Crippen LogP contribution in [0.25, 0.3) is 0 Å². The third-order valence-corrected chi connectivity index (χ3v) is 3.30. The third-order valence-electron chi connectivity index (χ3n) is 3.30. The number of nitrogens with one attached hydrogen (secondary N) is 1. The lowest BCUT2D eigenvalue weighted by Crippen LogP contribution is -2.59. The summed E-state index contributed by atoms with van der Waals surface area (Å²) in [7, 11) is 0. The number of urea groups is 1.